The largest absolute Gasteiger partial charge is 0.481 e. The first-order valence-corrected chi connectivity index (χ1v) is 7.45. The molecule has 3 aliphatic carbocycles. The van der Waals surface area contributed by atoms with E-state index in [0.29, 0.717) is 30.6 Å². The predicted octanol–water partition coefficient (Wildman–Crippen LogP) is 0.119. The molecule has 1 heterocycles. The molecule has 1 saturated heterocycles. The summed E-state index contributed by atoms with van der Waals surface area (Å²) in [5, 5.41) is 21.3. The Labute approximate surface area is 117 Å². The minimum absolute atomic E-state index is 0.0468. The van der Waals surface area contributed by atoms with Crippen LogP contribution in [0.25, 0.3) is 0 Å². The van der Waals surface area contributed by atoms with Crippen molar-refractivity contribution in [3.8, 4) is 0 Å². The molecule has 6 nitrogen and oxygen atoms in total. The van der Waals surface area contributed by atoms with Crippen LogP contribution in [0.1, 0.15) is 19.3 Å². The molecule has 0 aromatic heterocycles. The molecule has 4 fully saturated rings. The molecular formula is C14H20N2O4. The van der Waals surface area contributed by atoms with E-state index in [4.69, 9.17) is 5.11 Å². The third-order valence-corrected chi connectivity index (χ3v) is 6.16. The first-order chi connectivity index (χ1) is 9.55. The maximum absolute atomic E-state index is 12.2. The molecule has 0 spiro atoms. The molecule has 2 amide bonds. The number of urea groups is 1. The Morgan fingerprint density at radius 3 is 2.70 bits per heavy atom. The van der Waals surface area contributed by atoms with Gasteiger partial charge in [0.1, 0.15) is 0 Å². The Hall–Kier alpha value is -1.30. The van der Waals surface area contributed by atoms with Crippen LogP contribution < -0.4 is 5.32 Å². The number of aliphatic hydroxyl groups is 1. The molecule has 0 bridgehead atoms. The Balaban J connectivity index is 1.30. The Morgan fingerprint density at radius 2 is 2.10 bits per heavy atom. The van der Waals surface area contributed by atoms with Crippen LogP contribution in [0, 0.1) is 29.1 Å². The number of carboxylic acid groups (broad SMARTS) is 1. The average Bonchev–Trinajstić information content (AvgIpc) is 2.87. The van der Waals surface area contributed by atoms with Gasteiger partial charge >= 0.3 is 12.0 Å². The second kappa shape index (κ2) is 3.87. The van der Waals surface area contributed by atoms with Gasteiger partial charge in [0.2, 0.25) is 0 Å². The van der Waals surface area contributed by atoms with Gasteiger partial charge in [-0.2, -0.15) is 0 Å². The van der Waals surface area contributed by atoms with Gasteiger partial charge in [-0.1, -0.05) is 0 Å². The van der Waals surface area contributed by atoms with Gasteiger partial charge < -0.3 is 20.4 Å². The molecule has 0 aromatic carbocycles. The molecule has 1 aliphatic heterocycles. The monoisotopic (exact) mass is 280 g/mol. The van der Waals surface area contributed by atoms with Gasteiger partial charge in [-0.05, 0) is 42.9 Å². The fourth-order valence-corrected chi connectivity index (χ4v) is 4.63. The summed E-state index contributed by atoms with van der Waals surface area (Å²) in [4.78, 5) is 25.1. The highest BCUT2D eigenvalue weighted by Gasteiger charge is 2.72. The van der Waals surface area contributed by atoms with E-state index in [-0.39, 0.29) is 24.6 Å². The lowest BCUT2D eigenvalue weighted by atomic mass is 9.67. The van der Waals surface area contributed by atoms with Crippen molar-refractivity contribution in [3.63, 3.8) is 0 Å². The van der Waals surface area contributed by atoms with Crippen molar-refractivity contribution in [2.24, 2.45) is 29.1 Å². The fraction of sp³-hybridized carbons (Fsp3) is 0.857. The van der Waals surface area contributed by atoms with Crippen LogP contribution in [0.15, 0.2) is 0 Å². The number of aliphatic carboxylic acids is 1. The molecule has 110 valence electrons. The second-order valence-corrected chi connectivity index (χ2v) is 7.04. The normalized spacial score (nSPS) is 47.6. The standard InChI is InChI=1S/C14H20N2O4/c17-6-8-1-7-4-16(5-9(7)8)13(20)15-11-3-14(12(18)19)2-10(11)14/h7-11,17H,1-6H2,(H,15,20)(H,18,19)/t7-,8-,9+,10+,11+,14+/m0/s1. The number of fused-ring (bicyclic) bond motifs is 2. The number of carboxylic acids is 1. The lowest BCUT2D eigenvalue weighted by molar-refractivity contribution is -0.147. The molecule has 20 heavy (non-hydrogen) atoms. The van der Waals surface area contributed by atoms with Crippen molar-refractivity contribution in [1.29, 1.82) is 0 Å². The van der Waals surface area contributed by atoms with E-state index in [2.05, 4.69) is 5.32 Å². The van der Waals surface area contributed by atoms with Crippen molar-refractivity contribution >= 4 is 12.0 Å². The topological polar surface area (TPSA) is 89.9 Å². The van der Waals surface area contributed by atoms with Crippen molar-refractivity contribution < 1.29 is 19.8 Å². The molecule has 0 aromatic rings. The van der Waals surface area contributed by atoms with E-state index in [1.165, 1.54) is 0 Å². The third kappa shape index (κ3) is 1.48. The number of hydrogen-bond donors (Lipinski definition) is 3. The highest BCUT2D eigenvalue weighted by molar-refractivity contribution is 5.82. The summed E-state index contributed by atoms with van der Waals surface area (Å²) in [5.74, 6) is 0.820. The zero-order valence-electron chi connectivity index (χ0n) is 11.3. The summed E-state index contributed by atoms with van der Waals surface area (Å²) in [6.45, 7) is 1.75. The number of nitrogens with zero attached hydrogens (tertiary/aromatic N) is 1. The molecule has 6 atom stereocenters. The van der Waals surface area contributed by atoms with Crippen LogP contribution in [0.2, 0.25) is 0 Å². The van der Waals surface area contributed by atoms with Crippen LogP contribution in [0.3, 0.4) is 0 Å². The van der Waals surface area contributed by atoms with Crippen LogP contribution in [0.4, 0.5) is 4.79 Å². The number of nitrogens with one attached hydrogen (secondary N) is 1. The molecule has 0 unspecified atom stereocenters. The van der Waals surface area contributed by atoms with Gasteiger partial charge in [-0.15, -0.1) is 0 Å². The third-order valence-electron chi connectivity index (χ3n) is 6.16. The lowest BCUT2D eigenvalue weighted by Gasteiger charge is -2.37. The van der Waals surface area contributed by atoms with Crippen LogP contribution in [0.5, 0.6) is 0 Å². The number of rotatable bonds is 3. The zero-order valence-corrected chi connectivity index (χ0v) is 11.3. The highest BCUT2D eigenvalue weighted by Crippen LogP contribution is 2.67. The van der Waals surface area contributed by atoms with E-state index in [1.807, 2.05) is 4.90 Å². The number of carbonyl (C=O) groups excluding carboxylic acids is 1. The second-order valence-electron chi connectivity index (χ2n) is 7.04. The average molecular weight is 280 g/mol. The van der Waals surface area contributed by atoms with Gasteiger partial charge in [-0.25, -0.2) is 4.79 Å². The summed E-state index contributed by atoms with van der Waals surface area (Å²) in [6, 6.07) is -0.00234. The number of likely N-dealkylation sites (tertiary alicyclic amines) is 1. The molecule has 3 saturated carbocycles. The van der Waals surface area contributed by atoms with Crippen LogP contribution in [-0.4, -0.2) is 52.9 Å². The minimum Gasteiger partial charge on any atom is -0.481 e. The molecule has 4 rings (SSSR count). The van der Waals surface area contributed by atoms with Crippen molar-refractivity contribution in [2.45, 2.75) is 25.3 Å². The van der Waals surface area contributed by atoms with E-state index in [0.717, 1.165) is 19.5 Å². The SMILES string of the molecule is O=C(N[C@@H]1C[C@]2(C(=O)O)C[C@H]12)N1C[C@@H]2C[C@@H](CO)[C@@H]2C1. The number of hydrogen-bond acceptors (Lipinski definition) is 3. The van der Waals surface area contributed by atoms with Gasteiger partial charge in [0.05, 0.1) is 5.41 Å². The smallest absolute Gasteiger partial charge is 0.317 e. The zero-order chi connectivity index (χ0) is 14.1. The summed E-state index contributed by atoms with van der Waals surface area (Å²) in [7, 11) is 0. The highest BCUT2D eigenvalue weighted by atomic mass is 16.4. The van der Waals surface area contributed by atoms with Gasteiger partial charge in [0.25, 0.3) is 0 Å². The molecule has 4 aliphatic rings. The number of aliphatic hydroxyl groups excluding tert-OH is 1. The summed E-state index contributed by atoms with van der Waals surface area (Å²) in [6.07, 6.45) is 2.32. The Morgan fingerprint density at radius 1 is 1.30 bits per heavy atom. The fourth-order valence-electron chi connectivity index (χ4n) is 4.63. The molecule has 0 radical (unpaired) electrons. The van der Waals surface area contributed by atoms with E-state index >= 15 is 0 Å². The van der Waals surface area contributed by atoms with Crippen LogP contribution in [-0.2, 0) is 4.79 Å². The van der Waals surface area contributed by atoms with Crippen LogP contribution >= 0.6 is 0 Å². The lowest BCUT2D eigenvalue weighted by Crippen LogP contribution is -2.52. The summed E-state index contributed by atoms with van der Waals surface area (Å²) < 4.78 is 0. The van der Waals surface area contributed by atoms with Gasteiger partial charge in [0, 0.05) is 25.7 Å². The van der Waals surface area contributed by atoms with E-state index in [9.17, 15) is 14.7 Å². The first kappa shape index (κ1) is 12.4. The summed E-state index contributed by atoms with van der Waals surface area (Å²) in [5.41, 5.74) is -0.510. The Bertz CT molecular complexity index is 482. The minimum atomic E-state index is -0.710. The van der Waals surface area contributed by atoms with Crippen molar-refractivity contribution in [3.05, 3.63) is 0 Å². The number of amides is 2. The first-order valence-electron chi connectivity index (χ1n) is 7.45. The molecule has 6 heteroatoms. The molecular weight excluding hydrogens is 260 g/mol. The summed E-state index contributed by atoms with van der Waals surface area (Å²) >= 11 is 0. The molecule has 3 N–H and O–H groups in total. The predicted molar refractivity (Wildman–Crippen MR) is 68.9 cm³/mol. The van der Waals surface area contributed by atoms with Crippen molar-refractivity contribution in [2.75, 3.05) is 19.7 Å². The van der Waals surface area contributed by atoms with Gasteiger partial charge in [0.15, 0.2) is 0 Å². The Kier molecular flexibility index (Phi) is 2.41. The number of carbonyl (C=O) groups is 2. The van der Waals surface area contributed by atoms with E-state index in [1.54, 1.807) is 0 Å². The van der Waals surface area contributed by atoms with Crippen molar-refractivity contribution in [1.82, 2.24) is 10.2 Å². The van der Waals surface area contributed by atoms with Gasteiger partial charge in [-0.3, -0.25) is 4.79 Å². The van der Waals surface area contributed by atoms with E-state index < -0.39 is 11.4 Å². The quantitative estimate of drug-likeness (QED) is 0.685. The maximum Gasteiger partial charge on any atom is 0.317 e. The maximum atomic E-state index is 12.2.